The van der Waals surface area contributed by atoms with Gasteiger partial charge in [-0.25, -0.2) is 9.78 Å². The fourth-order valence-electron chi connectivity index (χ4n) is 3.94. The van der Waals surface area contributed by atoms with Gasteiger partial charge in [0.05, 0.1) is 18.3 Å². The molecule has 0 saturated carbocycles. The Morgan fingerprint density at radius 2 is 2.07 bits per heavy atom. The van der Waals surface area contributed by atoms with E-state index in [0.717, 1.165) is 4.88 Å². The summed E-state index contributed by atoms with van der Waals surface area (Å²) in [5.74, 6) is 0.195. The summed E-state index contributed by atoms with van der Waals surface area (Å²) in [7, 11) is 0. The zero-order valence-corrected chi connectivity index (χ0v) is 16.3. The lowest BCUT2D eigenvalue weighted by Crippen LogP contribution is -2.57. The highest BCUT2D eigenvalue weighted by atomic mass is 32.1. The SMILES string of the molecule is CC(C)CN1C(=O)N(Cc2cncs2)C(=O)C12CCN(c1ncco1)CC2. The van der Waals surface area contributed by atoms with E-state index in [9.17, 15) is 9.59 Å². The van der Waals surface area contributed by atoms with Crippen LogP contribution in [0.5, 0.6) is 0 Å². The summed E-state index contributed by atoms with van der Waals surface area (Å²) in [5.41, 5.74) is 0.950. The first-order valence-corrected chi connectivity index (χ1v) is 10.0. The normalized spacial score (nSPS) is 19.7. The van der Waals surface area contributed by atoms with Crippen LogP contribution in [0, 0.1) is 5.92 Å². The van der Waals surface area contributed by atoms with Gasteiger partial charge in [0, 0.05) is 30.7 Å². The Balaban J connectivity index is 1.59. The van der Waals surface area contributed by atoms with E-state index in [2.05, 4.69) is 23.8 Å². The Morgan fingerprint density at radius 1 is 1.30 bits per heavy atom. The molecule has 2 saturated heterocycles. The molecule has 27 heavy (non-hydrogen) atoms. The number of piperidine rings is 1. The van der Waals surface area contributed by atoms with Crippen LogP contribution in [0.4, 0.5) is 10.8 Å². The Kier molecular flexibility index (Phi) is 4.63. The highest BCUT2D eigenvalue weighted by Crippen LogP contribution is 2.39. The van der Waals surface area contributed by atoms with Crippen molar-refractivity contribution in [2.75, 3.05) is 24.5 Å². The molecule has 8 nitrogen and oxygen atoms in total. The van der Waals surface area contributed by atoms with Gasteiger partial charge in [0.15, 0.2) is 0 Å². The van der Waals surface area contributed by atoms with Gasteiger partial charge in [-0.2, -0.15) is 0 Å². The standard InChI is InChI=1S/C18H23N5O3S/c1-13(2)10-23-17(25)22(11-14-9-19-12-27-14)15(24)18(23)3-6-21(7-4-18)16-20-5-8-26-16/h5,8-9,12-13H,3-4,6-7,10-11H2,1-2H3. The van der Waals surface area contributed by atoms with Crippen LogP contribution in [0.25, 0.3) is 0 Å². The Hall–Kier alpha value is -2.42. The van der Waals surface area contributed by atoms with Gasteiger partial charge in [-0.1, -0.05) is 13.8 Å². The molecule has 2 fully saturated rings. The third kappa shape index (κ3) is 3.09. The van der Waals surface area contributed by atoms with E-state index in [0.29, 0.717) is 45.0 Å². The molecule has 4 rings (SSSR count). The number of carbonyl (C=O) groups is 2. The second kappa shape index (κ2) is 6.95. The minimum Gasteiger partial charge on any atom is -0.432 e. The van der Waals surface area contributed by atoms with Crippen molar-refractivity contribution >= 4 is 29.3 Å². The molecule has 0 bridgehead atoms. The van der Waals surface area contributed by atoms with E-state index < -0.39 is 5.54 Å². The summed E-state index contributed by atoms with van der Waals surface area (Å²) in [6, 6.07) is 0.380. The Labute approximate surface area is 161 Å². The first-order valence-electron chi connectivity index (χ1n) is 9.16. The molecule has 0 atom stereocenters. The molecule has 2 aromatic rings. The van der Waals surface area contributed by atoms with Crippen LogP contribution in [-0.2, 0) is 11.3 Å². The summed E-state index contributed by atoms with van der Waals surface area (Å²) >= 11 is 1.46. The quantitative estimate of drug-likeness (QED) is 0.731. The number of hydrogen-bond donors (Lipinski definition) is 0. The van der Waals surface area contributed by atoms with Crippen LogP contribution in [0.3, 0.4) is 0 Å². The van der Waals surface area contributed by atoms with Gasteiger partial charge in [-0.05, 0) is 18.8 Å². The van der Waals surface area contributed by atoms with E-state index in [1.54, 1.807) is 29.1 Å². The van der Waals surface area contributed by atoms with Gasteiger partial charge in [-0.3, -0.25) is 14.7 Å². The van der Waals surface area contributed by atoms with Crippen molar-refractivity contribution in [2.45, 2.75) is 38.8 Å². The number of thiazole rings is 1. The molecule has 4 heterocycles. The molecule has 0 aromatic carbocycles. The molecule has 0 N–H and O–H groups in total. The maximum Gasteiger partial charge on any atom is 0.328 e. The molecule has 2 aromatic heterocycles. The molecule has 1 spiro atoms. The topological polar surface area (TPSA) is 82.8 Å². The smallest absolute Gasteiger partial charge is 0.328 e. The lowest BCUT2D eigenvalue weighted by atomic mass is 9.85. The number of aromatic nitrogens is 2. The average Bonchev–Trinajstić information content (AvgIpc) is 3.39. The summed E-state index contributed by atoms with van der Waals surface area (Å²) in [6.07, 6.45) is 6.03. The summed E-state index contributed by atoms with van der Waals surface area (Å²) < 4.78 is 5.39. The van der Waals surface area contributed by atoms with Crippen molar-refractivity contribution in [2.24, 2.45) is 5.92 Å². The summed E-state index contributed by atoms with van der Waals surface area (Å²) in [6.45, 7) is 6.26. The molecule has 0 aliphatic carbocycles. The van der Waals surface area contributed by atoms with Gasteiger partial charge >= 0.3 is 6.03 Å². The van der Waals surface area contributed by atoms with Crippen LogP contribution in [0.15, 0.2) is 28.6 Å². The van der Waals surface area contributed by atoms with Gasteiger partial charge in [-0.15, -0.1) is 11.3 Å². The van der Waals surface area contributed by atoms with Crippen LogP contribution >= 0.6 is 11.3 Å². The highest BCUT2D eigenvalue weighted by Gasteiger charge is 2.58. The molecule has 2 aliphatic rings. The number of urea groups is 1. The maximum absolute atomic E-state index is 13.4. The fourth-order valence-corrected chi connectivity index (χ4v) is 4.52. The zero-order chi connectivity index (χ0) is 19.0. The first-order chi connectivity index (χ1) is 13.0. The second-order valence-electron chi connectivity index (χ2n) is 7.48. The Morgan fingerprint density at radius 3 is 2.67 bits per heavy atom. The van der Waals surface area contributed by atoms with Crippen molar-refractivity contribution in [1.82, 2.24) is 19.8 Å². The van der Waals surface area contributed by atoms with E-state index in [1.165, 1.54) is 16.2 Å². The number of anilines is 1. The molecular formula is C18H23N5O3S. The van der Waals surface area contributed by atoms with Gasteiger partial charge in [0.25, 0.3) is 11.9 Å². The average molecular weight is 389 g/mol. The number of amides is 3. The van der Waals surface area contributed by atoms with Gasteiger partial charge < -0.3 is 14.2 Å². The minimum atomic E-state index is -0.769. The molecule has 144 valence electrons. The monoisotopic (exact) mass is 389 g/mol. The van der Waals surface area contributed by atoms with Crippen molar-refractivity contribution in [3.63, 3.8) is 0 Å². The van der Waals surface area contributed by atoms with Crippen molar-refractivity contribution in [3.8, 4) is 0 Å². The number of hydrogen-bond acceptors (Lipinski definition) is 7. The van der Waals surface area contributed by atoms with Crippen LogP contribution in [0.1, 0.15) is 31.6 Å². The van der Waals surface area contributed by atoms with Gasteiger partial charge in [0.1, 0.15) is 11.8 Å². The number of rotatable bonds is 5. The molecule has 0 radical (unpaired) electrons. The summed E-state index contributed by atoms with van der Waals surface area (Å²) in [4.78, 5) is 40.9. The van der Waals surface area contributed by atoms with E-state index in [4.69, 9.17) is 4.42 Å². The maximum atomic E-state index is 13.4. The molecule has 0 unspecified atom stereocenters. The molecule has 3 amide bonds. The Bertz CT molecular complexity index is 797. The van der Waals surface area contributed by atoms with Crippen molar-refractivity contribution in [1.29, 1.82) is 0 Å². The fraction of sp³-hybridized carbons (Fsp3) is 0.556. The molecular weight excluding hydrogens is 366 g/mol. The minimum absolute atomic E-state index is 0.0893. The van der Waals surface area contributed by atoms with E-state index >= 15 is 0 Å². The lowest BCUT2D eigenvalue weighted by molar-refractivity contribution is -0.134. The van der Waals surface area contributed by atoms with Crippen LogP contribution in [-0.4, -0.2) is 56.9 Å². The van der Waals surface area contributed by atoms with Crippen LogP contribution in [0.2, 0.25) is 0 Å². The van der Waals surface area contributed by atoms with E-state index in [1.807, 2.05) is 4.90 Å². The predicted molar refractivity (Wildman–Crippen MR) is 100 cm³/mol. The number of carbonyl (C=O) groups excluding carboxylic acids is 2. The summed E-state index contributed by atoms with van der Waals surface area (Å²) in [5, 5.41) is 0. The lowest BCUT2D eigenvalue weighted by Gasteiger charge is -2.42. The van der Waals surface area contributed by atoms with Crippen molar-refractivity contribution < 1.29 is 14.0 Å². The third-order valence-electron chi connectivity index (χ3n) is 5.25. The van der Waals surface area contributed by atoms with E-state index in [-0.39, 0.29) is 17.9 Å². The predicted octanol–water partition coefficient (Wildman–Crippen LogP) is 2.59. The number of imide groups is 1. The molecule has 2 aliphatic heterocycles. The second-order valence-corrected chi connectivity index (χ2v) is 8.45. The van der Waals surface area contributed by atoms with Gasteiger partial charge in [0.2, 0.25) is 0 Å². The number of oxazole rings is 1. The number of nitrogens with zero attached hydrogens (tertiary/aromatic N) is 5. The zero-order valence-electron chi connectivity index (χ0n) is 15.5. The third-order valence-corrected chi connectivity index (χ3v) is 6.01. The van der Waals surface area contributed by atoms with Crippen LogP contribution < -0.4 is 4.90 Å². The highest BCUT2D eigenvalue weighted by molar-refractivity contribution is 7.09. The van der Waals surface area contributed by atoms with Crippen molar-refractivity contribution in [3.05, 3.63) is 29.0 Å². The first kappa shape index (κ1) is 18.0. The molecule has 9 heteroatoms. The largest absolute Gasteiger partial charge is 0.432 e.